The third kappa shape index (κ3) is 4.62. The predicted octanol–water partition coefficient (Wildman–Crippen LogP) is 3.75. The number of allylic oxidation sites excluding steroid dienone is 1. The number of likely N-dealkylation sites (N-methyl/N-ethyl adjacent to an activating group) is 1. The zero-order valence-corrected chi connectivity index (χ0v) is 18.2. The van der Waals surface area contributed by atoms with Gasteiger partial charge in [0, 0.05) is 37.2 Å². The summed E-state index contributed by atoms with van der Waals surface area (Å²) in [5, 5.41) is 0. The molecule has 1 aliphatic carbocycles. The van der Waals surface area contributed by atoms with Crippen LogP contribution in [0.15, 0.2) is 24.0 Å². The number of carbonyl (C=O) groups excluding carboxylic acids is 1. The summed E-state index contributed by atoms with van der Waals surface area (Å²) < 4.78 is 12.2. The summed E-state index contributed by atoms with van der Waals surface area (Å²) in [5.41, 5.74) is 0.892. The number of piperidine rings is 1. The lowest BCUT2D eigenvalue weighted by Gasteiger charge is -2.50. The molecule has 0 aromatic carbocycles. The van der Waals surface area contributed by atoms with Crippen LogP contribution in [-0.2, 0) is 14.3 Å². The SMILES string of the molecule is C=C(C)OC1CCC(C(=O)N2CCC3(CC2)CN(CC)C(CC)CO3)=CC1C. The van der Waals surface area contributed by atoms with Gasteiger partial charge < -0.3 is 14.4 Å². The number of amides is 1. The van der Waals surface area contributed by atoms with Crippen LogP contribution in [0.4, 0.5) is 0 Å². The van der Waals surface area contributed by atoms with E-state index in [4.69, 9.17) is 9.47 Å². The van der Waals surface area contributed by atoms with Gasteiger partial charge in [0.05, 0.1) is 18.0 Å². The van der Waals surface area contributed by atoms with Crippen molar-refractivity contribution < 1.29 is 14.3 Å². The highest BCUT2D eigenvalue weighted by Crippen LogP contribution is 2.34. The van der Waals surface area contributed by atoms with Crippen molar-refractivity contribution in [3.63, 3.8) is 0 Å². The lowest BCUT2D eigenvalue weighted by molar-refractivity contribution is -0.161. The van der Waals surface area contributed by atoms with E-state index in [1.807, 2.05) is 11.8 Å². The number of nitrogens with zero attached hydrogens (tertiary/aromatic N) is 2. The Morgan fingerprint density at radius 1 is 1.36 bits per heavy atom. The molecule has 3 rings (SSSR count). The van der Waals surface area contributed by atoms with E-state index in [9.17, 15) is 4.79 Å². The molecule has 3 aliphatic rings. The first kappa shape index (κ1) is 21.4. The molecule has 3 atom stereocenters. The van der Waals surface area contributed by atoms with Crippen molar-refractivity contribution in [3.8, 4) is 0 Å². The van der Waals surface area contributed by atoms with E-state index in [-0.39, 0.29) is 23.5 Å². The highest BCUT2D eigenvalue weighted by molar-refractivity contribution is 5.93. The van der Waals surface area contributed by atoms with E-state index in [2.05, 4.69) is 38.3 Å². The Kier molecular flexibility index (Phi) is 6.87. The second kappa shape index (κ2) is 9.00. The third-order valence-corrected chi connectivity index (χ3v) is 6.80. The zero-order valence-electron chi connectivity index (χ0n) is 18.2. The Bertz CT molecular complexity index is 607. The molecule has 1 spiro atoms. The molecule has 0 aromatic heterocycles. The van der Waals surface area contributed by atoms with Crippen LogP contribution in [-0.4, -0.2) is 66.2 Å². The average molecular weight is 391 g/mol. The van der Waals surface area contributed by atoms with Gasteiger partial charge in [-0.05, 0) is 45.6 Å². The van der Waals surface area contributed by atoms with Crippen molar-refractivity contribution in [3.05, 3.63) is 24.0 Å². The number of ether oxygens (including phenoxy) is 2. The predicted molar refractivity (Wildman–Crippen MR) is 112 cm³/mol. The van der Waals surface area contributed by atoms with Crippen LogP contribution < -0.4 is 0 Å². The normalized spacial score (nSPS) is 30.8. The van der Waals surface area contributed by atoms with Gasteiger partial charge in [0.2, 0.25) is 5.91 Å². The van der Waals surface area contributed by atoms with Gasteiger partial charge in [-0.3, -0.25) is 9.69 Å². The molecule has 0 aromatic rings. The van der Waals surface area contributed by atoms with E-state index < -0.39 is 0 Å². The summed E-state index contributed by atoms with van der Waals surface area (Å²) in [6.07, 6.45) is 6.95. The van der Waals surface area contributed by atoms with Gasteiger partial charge in [0.1, 0.15) is 6.10 Å². The van der Waals surface area contributed by atoms with Crippen LogP contribution in [0.25, 0.3) is 0 Å². The van der Waals surface area contributed by atoms with Crippen LogP contribution in [0, 0.1) is 5.92 Å². The van der Waals surface area contributed by atoms with Gasteiger partial charge >= 0.3 is 0 Å². The maximum Gasteiger partial charge on any atom is 0.249 e. The quantitative estimate of drug-likeness (QED) is 0.671. The first-order valence-corrected chi connectivity index (χ1v) is 11.1. The van der Waals surface area contributed by atoms with Gasteiger partial charge in [0.15, 0.2) is 0 Å². The van der Waals surface area contributed by atoms with Gasteiger partial charge in [0.25, 0.3) is 0 Å². The minimum atomic E-state index is -0.0624. The molecule has 5 heteroatoms. The van der Waals surface area contributed by atoms with E-state index in [0.717, 1.165) is 76.2 Å². The van der Waals surface area contributed by atoms with E-state index >= 15 is 0 Å². The van der Waals surface area contributed by atoms with Crippen LogP contribution in [0.2, 0.25) is 0 Å². The van der Waals surface area contributed by atoms with E-state index in [1.54, 1.807) is 0 Å². The molecule has 0 radical (unpaired) electrons. The molecular weight excluding hydrogens is 352 g/mol. The van der Waals surface area contributed by atoms with Crippen molar-refractivity contribution in [2.45, 2.75) is 77.5 Å². The molecule has 5 nitrogen and oxygen atoms in total. The summed E-state index contributed by atoms with van der Waals surface area (Å²) in [4.78, 5) is 17.7. The van der Waals surface area contributed by atoms with Crippen molar-refractivity contribution >= 4 is 5.91 Å². The molecular formula is C23H38N2O3. The fourth-order valence-corrected chi connectivity index (χ4v) is 4.96. The van der Waals surface area contributed by atoms with Gasteiger partial charge in [-0.2, -0.15) is 0 Å². The summed E-state index contributed by atoms with van der Waals surface area (Å²) >= 11 is 0. The Morgan fingerprint density at radius 2 is 2.07 bits per heavy atom. The first-order chi connectivity index (χ1) is 13.4. The zero-order chi connectivity index (χ0) is 20.3. The van der Waals surface area contributed by atoms with Crippen LogP contribution in [0.5, 0.6) is 0 Å². The maximum atomic E-state index is 13.1. The summed E-state index contributed by atoms with van der Waals surface area (Å²) in [6, 6.07) is 0.540. The molecule has 0 bridgehead atoms. The lowest BCUT2D eigenvalue weighted by Crippen LogP contribution is -2.60. The second-order valence-corrected chi connectivity index (χ2v) is 8.86. The molecule has 0 N–H and O–H groups in total. The fraction of sp³-hybridized carbons (Fsp3) is 0.783. The summed E-state index contributed by atoms with van der Waals surface area (Å²) in [5.74, 6) is 1.21. The minimum absolute atomic E-state index is 0.0624. The number of hydrogen-bond donors (Lipinski definition) is 0. The van der Waals surface area contributed by atoms with Crippen molar-refractivity contribution in [1.29, 1.82) is 0 Å². The van der Waals surface area contributed by atoms with Crippen LogP contribution in [0.1, 0.15) is 59.8 Å². The smallest absolute Gasteiger partial charge is 0.249 e. The summed E-state index contributed by atoms with van der Waals surface area (Å²) in [6.45, 7) is 16.8. The van der Waals surface area contributed by atoms with Crippen molar-refractivity contribution in [2.75, 3.05) is 32.8 Å². The number of carbonyl (C=O) groups is 1. The fourth-order valence-electron chi connectivity index (χ4n) is 4.96. The van der Waals surface area contributed by atoms with Crippen LogP contribution >= 0.6 is 0 Å². The number of rotatable bonds is 5. The molecule has 0 saturated carbocycles. The van der Waals surface area contributed by atoms with Crippen molar-refractivity contribution in [2.24, 2.45) is 5.92 Å². The molecule has 2 fully saturated rings. The second-order valence-electron chi connectivity index (χ2n) is 8.86. The molecule has 158 valence electrons. The van der Waals surface area contributed by atoms with Gasteiger partial charge in [-0.1, -0.05) is 33.4 Å². The molecule has 2 aliphatic heterocycles. The first-order valence-electron chi connectivity index (χ1n) is 11.1. The molecule has 2 heterocycles. The highest BCUT2D eigenvalue weighted by atomic mass is 16.5. The highest BCUT2D eigenvalue weighted by Gasteiger charge is 2.43. The largest absolute Gasteiger partial charge is 0.495 e. The molecule has 1 amide bonds. The number of morpholine rings is 1. The summed E-state index contributed by atoms with van der Waals surface area (Å²) in [7, 11) is 0. The van der Waals surface area contributed by atoms with Gasteiger partial charge in [-0.25, -0.2) is 0 Å². The average Bonchev–Trinajstić information content (AvgIpc) is 2.69. The molecule has 28 heavy (non-hydrogen) atoms. The van der Waals surface area contributed by atoms with Crippen molar-refractivity contribution in [1.82, 2.24) is 9.80 Å². The standard InChI is InChI=1S/C23H38N2O3/c1-6-20-15-27-23(16-24(20)7-2)10-12-25(13-11-23)22(26)19-8-9-21(18(5)14-19)28-17(3)4/h14,18,20-21H,3,6-13,15-16H2,1-2,4-5H3. The van der Waals surface area contributed by atoms with Gasteiger partial charge in [-0.15, -0.1) is 0 Å². The Morgan fingerprint density at radius 3 is 2.64 bits per heavy atom. The number of likely N-dealkylation sites (tertiary alicyclic amines) is 1. The Hall–Kier alpha value is -1.33. The van der Waals surface area contributed by atoms with E-state index in [1.165, 1.54) is 0 Å². The lowest BCUT2D eigenvalue weighted by atomic mass is 9.86. The third-order valence-electron chi connectivity index (χ3n) is 6.80. The topological polar surface area (TPSA) is 42.0 Å². The monoisotopic (exact) mass is 390 g/mol. The van der Waals surface area contributed by atoms with Crippen LogP contribution in [0.3, 0.4) is 0 Å². The van der Waals surface area contributed by atoms with E-state index in [0.29, 0.717) is 6.04 Å². The molecule has 2 saturated heterocycles. The number of hydrogen-bond acceptors (Lipinski definition) is 4. The Balaban J connectivity index is 1.56. The molecule has 3 unspecified atom stereocenters. The minimum Gasteiger partial charge on any atom is -0.495 e. The maximum absolute atomic E-state index is 13.1. The Labute approximate surface area is 170 Å².